The highest BCUT2D eigenvalue weighted by atomic mass is 16.2. The molecule has 0 atom stereocenters. The van der Waals surface area contributed by atoms with Crippen LogP contribution in [0.1, 0.15) is 49.5 Å². The van der Waals surface area contributed by atoms with Gasteiger partial charge in [0.05, 0.1) is 6.20 Å². The number of carbonyl (C=O) groups is 2. The normalized spacial score (nSPS) is 14.9. The number of piperidine rings is 1. The number of carbonyl (C=O) groups excluding carboxylic acids is 2. The van der Waals surface area contributed by atoms with E-state index in [-0.39, 0.29) is 11.8 Å². The van der Waals surface area contributed by atoms with Crippen LogP contribution in [0.5, 0.6) is 0 Å². The smallest absolute Gasteiger partial charge is 0.274 e. The Balaban J connectivity index is 1.72. The highest BCUT2D eigenvalue weighted by molar-refractivity contribution is 5.92. The van der Waals surface area contributed by atoms with Crippen LogP contribution in [0.3, 0.4) is 0 Å². The molecule has 0 radical (unpaired) electrons. The monoisotopic (exact) mass is 347 g/mol. The van der Waals surface area contributed by atoms with Crippen molar-refractivity contribution in [3.63, 3.8) is 0 Å². The van der Waals surface area contributed by atoms with Gasteiger partial charge in [0.2, 0.25) is 5.91 Å². The van der Waals surface area contributed by atoms with E-state index in [1.54, 1.807) is 4.90 Å². The zero-order valence-corrected chi connectivity index (χ0v) is 15.1. The Labute approximate surface area is 149 Å². The van der Waals surface area contributed by atoms with Crippen molar-refractivity contribution in [2.45, 2.75) is 39.0 Å². The first kappa shape index (κ1) is 19.3. The lowest BCUT2D eigenvalue weighted by Crippen LogP contribution is -2.39. The third-order valence-corrected chi connectivity index (χ3v) is 4.37. The lowest BCUT2D eigenvalue weighted by molar-refractivity contribution is -0.121. The van der Waals surface area contributed by atoms with Crippen molar-refractivity contribution in [2.24, 2.45) is 0 Å². The average Bonchev–Trinajstić information content (AvgIpc) is 2.66. The number of nitrogens with zero attached hydrogens (tertiary/aromatic N) is 4. The van der Waals surface area contributed by atoms with Gasteiger partial charge >= 0.3 is 0 Å². The average molecular weight is 347 g/mol. The van der Waals surface area contributed by atoms with E-state index < -0.39 is 0 Å². The van der Waals surface area contributed by atoms with Gasteiger partial charge in [-0.15, -0.1) is 0 Å². The Morgan fingerprint density at radius 1 is 1.20 bits per heavy atom. The van der Waals surface area contributed by atoms with Crippen molar-refractivity contribution in [2.75, 3.05) is 39.3 Å². The highest BCUT2D eigenvalue weighted by Gasteiger charge is 2.17. The number of hydrogen-bond donors (Lipinski definition) is 1. The first-order valence-electron chi connectivity index (χ1n) is 9.25. The van der Waals surface area contributed by atoms with Crippen LogP contribution in [-0.4, -0.2) is 70.9 Å². The third kappa shape index (κ3) is 6.78. The van der Waals surface area contributed by atoms with Gasteiger partial charge in [0, 0.05) is 45.0 Å². The predicted molar refractivity (Wildman–Crippen MR) is 96.1 cm³/mol. The molecule has 1 aromatic heterocycles. The fraction of sp³-hybridized carbons (Fsp3) is 0.667. The summed E-state index contributed by atoms with van der Waals surface area (Å²) in [5.41, 5.74) is 0.321. The highest BCUT2D eigenvalue weighted by Crippen LogP contribution is 2.07. The molecule has 138 valence electrons. The van der Waals surface area contributed by atoms with E-state index in [1.807, 2.05) is 6.92 Å². The second-order valence-electron chi connectivity index (χ2n) is 6.39. The van der Waals surface area contributed by atoms with Crippen LogP contribution in [0.2, 0.25) is 0 Å². The van der Waals surface area contributed by atoms with E-state index in [1.165, 1.54) is 37.9 Å². The maximum Gasteiger partial charge on any atom is 0.274 e. The van der Waals surface area contributed by atoms with Crippen LogP contribution >= 0.6 is 0 Å². The Kier molecular flexibility index (Phi) is 8.31. The molecular weight excluding hydrogens is 318 g/mol. The largest absolute Gasteiger partial charge is 0.355 e. The van der Waals surface area contributed by atoms with Gasteiger partial charge in [0.15, 0.2) is 0 Å². The minimum absolute atomic E-state index is 0.00921. The summed E-state index contributed by atoms with van der Waals surface area (Å²) in [4.78, 5) is 36.6. The Morgan fingerprint density at radius 2 is 2.00 bits per heavy atom. The van der Waals surface area contributed by atoms with Crippen molar-refractivity contribution < 1.29 is 9.59 Å². The molecule has 2 amide bonds. The quantitative estimate of drug-likeness (QED) is 0.729. The topological polar surface area (TPSA) is 78.4 Å². The summed E-state index contributed by atoms with van der Waals surface area (Å²) in [6, 6.07) is 0. The van der Waals surface area contributed by atoms with E-state index in [2.05, 4.69) is 20.2 Å². The molecule has 7 heteroatoms. The number of hydrogen-bond acceptors (Lipinski definition) is 5. The molecule has 2 rings (SSSR count). The molecule has 1 aliphatic rings. The minimum Gasteiger partial charge on any atom is -0.355 e. The van der Waals surface area contributed by atoms with Crippen molar-refractivity contribution >= 4 is 11.8 Å². The zero-order chi connectivity index (χ0) is 17.9. The van der Waals surface area contributed by atoms with Crippen LogP contribution < -0.4 is 5.32 Å². The van der Waals surface area contributed by atoms with Crippen molar-refractivity contribution in [3.8, 4) is 0 Å². The molecule has 0 spiro atoms. The lowest BCUT2D eigenvalue weighted by Gasteiger charge is -2.26. The van der Waals surface area contributed by atoms with E-state index in [0.29, 0.717) is 31.7 Å². The summed E-state index contributed by atoms with van der Waals surface area (Å²) in [5, 5.41) is 2.96. The van der Waals surface area contributed by atoms with E-state index in [4.69, 9.17) is 0 Å². The fourth-order valence-electron chi connectivity index (χ4n) is 3.02. The van der Waals surface area contributed by atoms with Gasteiger partial charge in [-0.25, -0.2) is 4.98 Å². The van der Waals surface area contributed by atoms with Crippen molar-refractivity contribution in [1.29, 1.82) is 0 Å². The lowest BCUT2D eigenvalue weighted by atomic mass is 10.1. The molecule has 0 unspecified atom stereocenters. The van der Waals surface area contributed by atoms with Crippen molar-refractivity contribution in [3.05, 3.63) is 24.3 Å². The first-order valence-corrected chi connectivity index (χ1v) is 9.25. The summed E-state index contributed by atoms with van der Waals surface area (Å²) < 4.78 is 0. The van der Waals surface area contributed by atoms with Crippen LogP contribution in [0.25, 0.3) is 0 Å². The predicted octanol–water partition coefficient (Wildman–Crippen LogP) is 1.32. The molecule has 2 heterocycles. The molecule has 1 aromatic rings. The van der Waals surface area contributed by atoms with Gasteiger partial charge in [-0.3, -0.25) is 14.6 Å². The summed E-state index contributed by atoms with van der Waals surface area (Å²) in [6.07, 6.45) is 9.48. The van der Waals surface area contributed by atoms with Gasteiger partial charge < -0.3 is 15.1 Å². The summed E-state index contributed by atoms with van der Waals surface area (Å²) in [5.74, 6) is -0.180. The number of amides is 2. The fourth-order valence-corrected chi connectivity index (χ4v) is 3.02. The molecule has 0 aromatic carbocycles. The van der Waals surface area contributed by atoms with Crippen LogP contribution in [0, 0.1) is 0 Å². The Bertz CT molecular complexity index is 532. The van der Waals surface area contributed by atoms with Gasteiger partial charge in [-0.1, -0.05) is 13.3 Å². The molecule has 1 fully saturated rings. The maximum absolute atomic E-state index is 12.5. The summed E-state index contributed by atoms with van der Waals surface area (Å²) >= 11 is 0. The Hall–Kier alpha value is -2.02. The summed E-state index contributed by atoms with van der Waals surface area (Å²) in [6.45, 7) is 6.86. The molecule has 0 bridgehead atoms. The second-order valence-corrected chi connectivity index (χ2v) is 6.39. The number of likely N-dealkylation sites (tertiary alicyclic amines) is 1. The van der Waals surface area contributed by atoms with Gasteiger partial charge in [-0.2, -0.15) is 0 Å². The molecular formula is C18H29N5O2. The van der Waals surface area contributed by atoms with Crippen molar-refractivity contribution in [1.82, 2.24) is 25.1 Å². The third-order valence-electron chi connectivity index (χ3n) is 4.37. The van der Waals surface area contributed by atoms with Gasteiger partial charge in [-0.05, 0) is 32.4 Å². The molecule has 1 aliphatic heterocycles. The molecule has 25 heavy (non-hydrogen) atoms. The number of nitrogens with one attached hydrogen (secondary N) is 1. The molecule has 1 saturated heterocycles. The zero-order valence-electron chi connectivity index (χ0n) is 15.1. The standard InChI is InChI=1S/C18H29N5O2/c1-2-10-23(18(25)16-15-19-7-8-20-16)13-6-17(24)21-9-14-22-11-4-3-5-12-22/h7-8,15H,2-6,9-14H2,1H3,(H,21,24). The minimum atomic E-state index is -0.170. The van der Waals surface area contributed by atoms with Crippen LogP contribution in [-0.2, 0) is 4.79 Å². The van der Waals surface area contributed by atoms with Crippen LogP contribution in [0.4, 0.5) is 0 Å². The molecule has 0 aliphatic carbocycles. The van der Waals surface area contributed by atoms with E-state index in [0.717, 1.165) is 26.1 Å². The number of aromatic nitrogens is 2. The van der Waals surface area contributed by atoms with Crippen LogP contribution in [0.15, 0.2) is 18.6 Å². The molecule has 7 nitrogen and oxygen atoms in total. The maximum atomic E-state index is 12.5. The first-order chi connectivity index (χ1) is 12.2. The second kappa shape index (κ2) is 10.8. The van der Waals surface area contributed by atoms with Gasteiger partial charge in [0.1, 0.15) is 5.69 Å². The number of rotatable bonds is 9. The van der Waals surface area contributed by atoms with Gasteiger partial charge in [0.25, 0.3) is 5.91 Å². The SMILES string of the molecule is CCCN(CCC(=O)NCCN1CCCCC1)C(=O)c1cnccn1. The molecule has 0 saturated carbocycles. The van der Waals surface area contributed by atoms with E-state index >= 15 is 0 Å². The van der Waals surface area contributed by atoms with E-state index in [9.17, 15) is 9.59 Å². The summed E-state index contributed by atoms with van der Waals surface area (Å²) in [7, 11) is 0. The Morgan fingerprint density at radius 3 is 2.68 bits per heavy atom. The molecule has 1 N–H and O–H groups in total.